The van der Waals surface area contributed by atoms with Crippen LogP contribution in [0.1, 0.15) is 35.9 Å². The third kappa shape index (κ3) is 4.84. The summed E-state index contributed by atoms with van der Waals surface area (Å²) in [5.41, 5.74) is 1.67. The lowest BCUT2D eigenvalue weighted by atomic mass is 10.2. The molecule has 0 bridgehead atoms. The Labute approximate surface area is 154 Å². The first-order valence-corrected chi connectivity index (χ1v) is 8.58. The number of aromatic nitrogens is 2. The number of methoxy groups -OCH3 is 2. The van der Waals surface area contributed by atoms with Gasteiger partial charge in [-0.25, -0.2) is 9.97 Å². The minimum atomic E-state index is -0.298. The van der Waals surface area contributed by atoms with Gasteiger partial charge in [-0.3, -0.25) is 4.79 Å². The molecule has 0 saturated heterocycles. The van der Waals surface area contributed by atoms with E-state index in [9.17, 15) is 4.79 Å². The van der Waals surface area contributed by atoms with Crippen LogP contribution in [-0.2, 0) is 0 Å². The first-order valence-electron chi connectivity index (χ1n) is 8.58. The van der Waals surface area contributed by atoms with Crippen LogP contribution in [-0.4, -0.2) is 43.7 Å². The standard InChI is InChI=1S/C19H26N4O3/c1-6-7-10-23(3)19-20-13(2)11-15(22-19)18(24)21-14-8-9-16(25-4)17(12-14)26-5/h8-9,11-12H,6-7,10H2,1-5H3,(H,21,24). The molecule has 0 aliphatic rings. The molecule has 0 radical (unpaired) electrons. The summed E-state index contributed by atoms with van der Waals surface area (Å²) in [7, 11) is 5.05. The summed E-state index contributed by atoms with van der Waals surface area (Å²) in [5, 5.41) is 2.84. The topological polar surface area (TPSA) is 76.6 Å². The van der Waals surface area contributed by atoms with E-state index < -0.39 is 0 Å². The van der Waals surface area contributed by atoms with Gasteiger partial charge in [0, 0.05) is 31.0 Å². The number of carbonyl (C=O) groups excluding carboxylic acids is 1. The zero-order valence-corrected chi connectivity index (χ0v) is 16.0. The van der Waals surface area contributed by atoms with Gasteiger partial charge < -0.3 is 19.7 Å². The third-order valence-corrected chi connectivity index (χ3v) is 3.90. The van der Waals surface area contributed by atoms with Gasteiger partial charge in [-0.05, 0) is 31.5 Å². The number of hydrogen-bond acceptors (Lipinski definition) is 6. The SMILES string of the molecule is CCCCN(C)c1nc(C)cc(C(=O)Nc2ccc(OC)c(OC)c2)n1. The quantitative estimate of drug-likeness (QED) is 0.780. The van der Waals surface area contributed by atoms with Crippen LogP contribution in [0.25, 0.3) is 0 Å². The average molecular weight is 358 g/mol. The van der Waals surface area contributed by atoms with E-state index in [2.05, 4.69) is 22.2 Å². The molecule has 0 saturated carbocycles. The monoisotopic (exact) mass is 358 g/mol. The van der Waals surface area contributed by atoms with Gasteiger partial charge >= 0.3 is 0 Å². The van der Waals surface area contributed by atoms with E-state index in [0.29, 0.717) is 28.8 Å². The lowest BCUT2D eigenvalue weighted by Crippen LogP contribution is -2.23. The average Bonchev–Trinajstić information content (AvgIpc) is 2.65. The van der Waals surface area contributed by atoms with Crippen LogP contribution in [0.5, 0.6) is 11.5 Å². The number of anilines is 2. The van der Waals surface area contributed by atoms with Crippen LogP contribution in [0.15, 0.2) is 24.3 Å². The summed E-state index contributed by atoms with van der Waals surface area (Å²) in [6.07, 6.45) is 2.13. The predicted octanol–water partition coefficient (Wildman–Crippen LogP) is 3.29. The molecule has 0 spiro atoms. The molecule has 1 aromatic carbocycles. The minimum absolute atomic E-state index is 0.298. The zero-order chi connectivity index (χ0) is 19.1. The van der Waals surface area contributed by atoms with Gasteiger partial charge in [-0.1, -0.05) is 13.3 Å². The van der Waals surface area contributed by atoms with Crippen molar-refractivity contribution in [1.82, 2.24) is 9.97 Å². The fourth-order valence-electron chi connectivity index (χ4n) is 2.44. The summed E-state index contributed by atoms with van der Waals surface area (Å²) in [6, 6.07) is 6.87. The summed E-state index contributed by atoms with van der Waals surface area (Å²) < 4.78 is 10.5. The number of amides is 1. The highest BCUT2D eigenvalue weighted by atomic mass is 16.5. The number of aryl methyl sites for hydroxylation is 1. The lowest BCUT2D eigenvalue weighted by Gasteiger charge is -2.17. The smallest absolute Gasteiger partial charge is 0.274 e. The van der Waals surface area contributed by atoms with Gasteiger partial charge in [0.2, 0.25) is 5.95 Å². The van der Waals surface area contributed by atoms with E-state index in [0.717, 1.165) is 25.1 Å². The van der Waals surface area contributed by atoms with Crippen molar-refractivity contribution in [2.75, 3.05) is 38.0 Å². The second kappa shape index (κ2) is 9.03. The molecule has 0 atom stereocenters. The van der Waals surface area contributed by atoms with Crippen molar-refractivity contribution in [3.8, 4) is 11.5 Å². The van der Waals surface area contributed by atoms with Gasteiger partial charge in [0.05, 0.1) is 14.2 Å². The van der Waals surface area contributed by atoms with E-state index >= 15 is 0 Å². The first-order chi connectivity index (χ1) is 12.5. The molecule has 7 nitrogen and oxygen atoms in total. The molecule has 1 N–H and O–H groups in total. The van der Waals surface area contributed by atoms with Crippen molar-refractivity contribution in [2.24, 2.45) is 0 Å². The van der Waals surface area contributed by atoms with E-state index in [4.69, 9.17) is 9.47 Å². The minimum Gasteiger partial charge on any atom is -0.493 e. The Balaban J connectivity index is 2.20. The molecule has 0 fully saturated rings. The van der Waals surface area contributed by atoms with Crippen LogP contribution >= 0.6 is 0 Å². The van der Waals surface area contributed by atoms with Crippen molar-refractivity contribution in [3.63, 3.8) is 0 Å². The Bertz CT molecular complexity index is 764. The van der Waals surface area contributed by atoms with Gasteiger partial charge in [0.15, 0.2) is 11.5 Å². The normalized spacial score (nSPS) is 10.3. The van der Waals surface area contributed by atoms with Crippen LogP contribution in [0.3, 0.4) is 0 Å². The fraction of sp³-hybridized carbons (Fsp3) is 0.421. The Morgan fingerprint density at radius 3 is 2.54 bits per heavy atom. The predicted molar refractivity (Wildman–Crippen MR) is 102 cm³/mol. The maximum absolute atomic E-state index is 12.6. The number of nitrogens with one attached hydrogen (secondary N) is 1. The molecule has 7 heteroatoms. The van der Waals surface area contributed by atoms with E-state index in [1.54, 1.807) is 38.5 Å². The van der Waals surface area contributed by atoms with Crippen molar-refractivity contribution >= 4 is 17.5 Å². The van der Waals surface area contributed by atoms with Gasteiger partial charge in [0.1, 0.15) is 5.69 Å². The highest BCUT2D eigenvalue weighted by Gasteiger charge is 2.14. The number of nitrogens with zero attached hydrogens (tertiary/aromatic N) is 3. The van der Waals surface area contributed by atoms with Crippen molar-refractivity contribution in [1.29, 1.82) is 0 Å². The molecule has 0 aliphatic carbocycles. The second-order valence-electron chi connectivity index (χ2n) is 5.99. The number of hydrogen-bond donors (Lipinski definition) is 1. The molecule has 140 valence electrons. The molecule has 0 unspecified atom stereocenters. The van der Waals surface area contributed by atoms with Crippen LogP contribution in [0.2, 0.25) is 0 Å². The molecule has 26 heavy (non-hydrogen) atoms. The number of unbranched alkanes of at least 4 members (excludes halogenated alkanes) is 1. The fourth-order valence-corrected chi connectivity index (χ4v) is 2.44. The summed E-state index contributed by atoms with van der Waals surface area (Å²) in [4.78, 5) is 23.4. The van der Waals surface area contributed by atoms with Crippen molar-refractivity contribution in [2.45, 2.75) is 26.7 Å². The Hall–Kier alpha value is -2.83. The molecule has 1 aromatic heterocycles. The Morgan fingerprint density at radius 1 is 1.15 bits per heavy atom. The number of carbonyl (C=O) groups is 1. The number of rotatable bonds is 8. The second-order valence-corrected chi connectivity index (χ2v) is 5.99. The van der Waals surface area contributed by atoms with Gasteiger partial charge in [0.25, 0.3) is 5.91 Å². The van der Waals surface area contributed by atoms with Crippen LogP contribution in [0.4, 0.5) is 11.6 Å². The molecule has 0 aliphatic heterocycles. The molecule has 1 amide bonds. The van der Waals surface area contributed by atoms with Crippen LogP contribution in [0, 0.1) is 6.92 Å². The highest BCUT2D eigenvalue weighted by molar-refractivity contribution is 6.03. The van der Waals surface area contributed by atoms with Crippen molar-refractivity contribution < 1.29 is 14.3 Å². The van der Waals surface area contributed by atoms with Gasteiger partial charge in [-0.15, -0.1) is 0 Å². The highest BCUT2D eigenvalue weighted by Crippen LogP contribution is 2.29. The maximum atomic E-state index is 12.6. The largest absolute Gasteiger partial charge is 0.493 e. The summed E-state index contributed by atoms with van der Waals surface area (Å²) in [5.74, 6) is 1.40. The molecular weight excluding hydrogens is 332 g/mol. The summed E-state index contributed by atoms with van der Waals surface area (Å²) >= 11 is 0. The Kier molecular flexibility index (Phi) is 6.77. The molecular formula is C19H26N4O3. The Morgan fingerprint density at radius 2 is 1.88 bits per heavy atom. The summed E-state index contributed by atoms with van der Waals surface area (Å²) in [6.45, 7) is 4.83. The van der Waals surface area contributed by atoms with Gasteiger partial charge in [-0.2, -0.15) is 0 Å². The van der Waals surface area contributed by atoms with Crippen molar-refractivity contribution in [3.05, 3.63) is 35.7 Å². The van der Waals surface area contributed by atoms with E-state index in [-0.39, 0.29) is 5.91 Å². The molecule has 2 rings (SSSR count). The number of ether oxygens (including phenoxy) is 2. The maximum Gasteiger partial charge on any atom is 0.274 e. The molecule has 1 heterocycles. The van der Waals surface area contributed by atoms with E-state index in [1.165, 1.54) is 0 Å². The molecule has 2 aromatic rings. The van der Waals surface area contributed by atoms with E-state index in [1.807, 2.05) is 18.9 Å². The number of benzene rings is 1. The third-order valence-electron chi connectivity index (χ3n) is 3.90. The zero-order valence-electron chi connectivity index (χ0n) is 16.0. The lowest BCUT2D eigenvalue weighted by molar-refractivity contribution is 0.102. The first kappa shape index (κ1) is 19.5. The van der Waals surface area contributed by atoms with Crippen LogP contribution < -0.4 is 19.7 Å².